The molecule has 0 aliphatic rings. The van der Waals surface area contributed by atoms with Crippen molar-refractivity contribution < 1.29 is 0 Å². The highest BCUT2D eigenvalue weighted by Gasteiger charge is 1.90. The SMILES string of the molecule is C#Cc1ccc(C=NCCCCCCCC)cc1. The highest BCUT2D eigenvalue weighted by Crippen LogP contribution is 2.05. The number of hydrogen-bond acceptors (Lipinski definition) is 1. The van der Waals surface area contributed by atoms with Crippen LogP contribution in [0.25, 0.3) is 0 Å². The number of hydrogen-bond donors (Lipinski definition) is 0. The molecule has 0 fully saturated rings. The first-order valence-electron chi connectivity index (χ1n) is 6.93. The average Bonchev–Trinajstić information content (AvgIpc) is 2.42. The van der Waals surface area contributed by atoms with Crippen LogP contribution in [0.5, 0.6) is 0 Å². The van der Waals surface area contributed by atoms with E-state index in [9.17, 15) is 0 Å². The Kier molecular flexibility index (Phi) is 7.64. The van der Waals surface area contributed by atoms with Gasteiger partial charge in [0.1, 0.15) is 0 Å². The minimum atomic E-state index is 0.920. The van der Waals surface area contributed by atoms with Crippen molar-refractivity contribution in [3.63, 3.8) is 0 Å². The van der Waals surface area contributed by atoms with Gasteiger partial charge in [0.25, 0.3) is 0 Å². The van der Waals surface area contributed by atoms with Crippen LogP contribution >= 0.6 is 0 Å². The summed E-state index contributed by atoms with van der Waals surface area (Å²) in [5.74, 6) is 2.61. The summed E-state index contributed by atoms with van der Waals surface area (Å²) in [5, 5.41) is 0. The fourth-order valence-corrected chi connectivity index (χ4v) is 1.82. The van der Waals surface area contributed by atoms with Gasteiger partial charge in [-0.15, -0.1) is 6.42 Å². The number of nitrogens with zero attached hydrogens (tertiary/aromatic N) is 1. The van der Waals surface area contributed by atoms with E-state index in [1.807, 2.05) is 30.5 Å². The minimum Gasteiger partial charge on any atom is -0.293 e. The molecule has 0 saturated carbocycles. The van der Waals surface area contributed by atoms with Crippen molar-refractivity contribution in [3.8, 4) is 12.3 Å². The molecule has 1 rings (SSSR count). The first-order chi connectivity index (χ1) is 8.86. The molecule has 0 amide bonds. The van der Waals surface area contributed by atoms with Crippen LogP contribution in [0.15, 0.2) is 29.3 Å². The zero-order valence-corrected chi connectivity index (χ0v) is 11.4. The number of aliphatic imine (C=N–C) groups is 1. The highest BCUT2D eigenvalue weighted by molar-refractivity contribution is 5.79. The number of rotatable bonds is 8. The Bertz CT molecular complexity index is 381. The van der Waals surface area contributed by atoms with Gasteiger partial charge in [-0.2, -0.15) is 0 Å². The van der Waals surface area contributed by atoms with Gasteiger partial charge < -0.3 is 0 Å². The molecule has 0 radical (unpaired) electrons. The Morgan fingerprint density at radius 3 is 2.39 bits per heavy atom. The van der Waals surface area contributed by atoms with Crippen molar-refractivity contribution in [2.45, 2.75) is 45.4 Å². The van der Waals surface area contributed by atoms with Gasteiger partial charge >= 0.3 is 0 Å². The molecule has 1 aromatic carbocycles. The van der Waals surface area contributed by atoms with E-state index >= 15 is 0 Å². The average molecular weight is 241 g/mol. The molecule has 0 N–H and O–H groups in total. The lowest BCUT2D eigenvalue weighted by Gasteiger charge is -1.98. The third kappa shape index (κ3) is 6.25. The zero-order valence-electron chi connectivity index (χ0n) is 11.4. The zero-order chi connectivity index (χ0) is 13.1. The summed E-state index contributed by atoms with van der Waals surface area (Å²) in [7, 11) is 0. The molecule has 0 spiro atoms. The molecule has 1 heteroatoms. The largest absolute Gasteiger partial charge is 0.293 e. The molecule has 0 heterocycles. The van der Waals surface area contributed by atoms with Crippen molar-refractivity contribution in [2.75, 3.05) is 6.54 Å². The lowest BCUT2D eigenvalue weighted by molar-refractivity contribution is 0.612. The highest BCUT2D eigenvalue weighted by atomic mass is 14.7. The van der Waals surface area contributed by atoms with Crippen LogP contribution in [0, 0.1) is 12.3 Å². The van der Waals surface area contributed by atoms with E-state index in [0.29, 0.717) is 0 Å². The Morgan fingerprint density at radius 1 is 1.06 bits per heavy atom. The summed E-state index contributed by atoms with van der Waals surface area (Å²) >= 11 is 0. The molecule has 1 nitrogen and oxygen atoms in total. The molecule has 0 aliphatic carbocycles. The molecule has 96 valence electrons. The predicted molar refractivity (Wildman–Crippen MR) is 80.2 cm³/mol. The van der Waals surface area contributed by atoms with Gasteiger partial charge in [-0.05, 0) is 24.1 Å². The van der Waals surface area contributed by atoms with Gasteiger partial charge in [0.05, 0.1) is 0 Å². The van der Waals surface area contributed by atoms with E-state index in [1.54, 1.807) is 0 Å². The molecule has 0 bridgehead atoms. The topological polar surface area (TPSA) is 12.4 Å². The van der Waals surface area contributed by atoms with Crippen LogP contribution in [-0.2, 0) is 0 Å². The van der Waals surface area contributed by atoms with E-state index in [2.05, 4.69) is 17.8 Å². The van der Waals surface area contributed by atoms with Crippen LogP contribution in [0.1, 0.15) is 56.6 Å². The fourth-order valence-electron chi connectivity index (χ4n) is 1.82. The minimum absolute atomic E-state index is 0.920. The monoisotopic (exact) mass is 241 g/mol. The number of terminal acetylenes is 1. The van der Waals surface area contributed by atoms with E-state index in [1.165, 1.54) is 38.5 Å². The third-order valence-electron chi connectivity index (χ3n) is 2.96. The molecule has 0 aromatic heterocycles. The Balaban J connectivity index is 2.14. The van der Waals surface area contributed by atoms with Crippen LogP contribution < -0.4 is 0 Å². The van der Waals surface area contributed by atoms with Crippen LogP contribution in [0.3, 0.4) is 0 Å². The number of unbranched alkanes of at least 4 members (excludes halogenated alkanes) is 5. The molecular formula is C17H23N. The molecule has 0 unspecified atom stereocenters. The maximum Gasteiger partial charge on any atom is 0.0389 e. The van der Waals surface area contributed by atoms with Crippen molar-refractivity contribution in [1.29, 1.82) is 0 Å². The quantitative estimate of drug-likeness (QED) is 0.362. The first-order valence-corrected chi connectivity index (χ1v) is 6.93. The lowest BCUT2D eigenvalue weighted by Crippen LogP contribution is -1.86. The maximum absolute atomic E-state index is 5.31. The summed E-state index contributed by atoms with van der Waals surface area (Å²) in [6, 6.07) is 7.93. The molecule has 1 aromatic rings. The van der Waals surface area contributed by atoms with Gasteiger partial charge in [0.2, 0.25) is 0 Å². The smallest absolute Gasteiger partial charge is 0.0389 e. The predicted octanol–water partition coefficient (Wildman–Crippen LogP) is 4.45. The van der Waals surface area contributed by atoms with Crippen molar-refractivity contribution in [3.05, 3.63) is 35.4 Å². The molecule has 0 atom stereocenters. The Hall–Kier alpha value is -1.55. The van der Waals surface area contributed by atoms with Crippen molar-refractivity contribution in [2.24, 2.45) is 4.99 Å². The van der Waals surface area contributed by atoms with Gasteiger partial charge in [-0.3, -0.25) is 4.99 Å². The van der Waals surface area contributed by atoms with E-state index < -0.39 is 0 Å². The normalized spacial score (nSPS) is 10.7. The molecule has 0 saturated heterocycles. The maximum atomic E-state index is 5.31. The summed E-state index contributed by atoms with van der Waals surface area (Å²) in [6.07, 6.45) is 15.1. The van der Waals surface area contributed by atoms with Crippen LogP contribution in [0.4, 0.5) is 0 Å². The third-order valence-corrected chi connectivity index (χ3v) is 2.96. The second-order valence-electron chi connectivity index (χ2n) is 4.57. The second-order valence-corrected chi connectivity index (χ2v) is 4.57. The van der Waals surface area contributed by atoms with Crippen LogP contribution in [-0.4, -0.2) is 12.8 Å². The van der Waals surface area contributed by atoms with E-state index in [4.69, 9.17) is 6.42 Å². The Morgan fingerprint density at radius 2 is 1.72 bits per heavy atom. The summed E-state index contributed by atoms with van der Waals surface area (Å²) in [4.78, 5) is 4.44. The van der Waals surface area contributed by atoms with Crippen molar-refractivity contribution in [1.82, 2.24) is 0 Å². The molecule has 0 aliphatic heterocycles. The van der Waals surface area contributed by atoms with Gasteiger partial charge in [0.15, 0.2) is 0 Å². The lowest BCUT2D eigenvalue weighted by atomic mass is 10.1. The van der Waals surface area contributed by atoms with Gasteiger partial charge in [0, 0.05) is 18.3 Å². The Labute approximate surface area is 111 Å². The van der Waals surface area contributed by atoms with Crippen molar-refractivity contribution >= 4 is 6.21 Å². The van der Waals surface area contributed by atoms with E-state index in [-0.39, 0.29) is 0 Å². The standard InChI is InChI=1S/C17H23N/c1-3-5-6-7-8-9-14-18-15-17-12-10-16(4-2)11-13-17/h2,10-13,15H,3,5-9,14H2,1H3. The van der Waals surface area contributed by atoms with Crippen LogP contribution in [0.2, 0.25) is 0 Å². The molecular weight excluding hydrogens is 218 g/mol. The van der Waals surface area contributed by atoms with Gasteiger partial charge in [-0.1, -0.05) is 57.1 Å². The second kappa shape index (κ2) is 9.48. The summed E-state index contributed by atoms with van der Waals surface area (Å²) in [6.45, 7) is 3.18. The summed E-state index contributed by atoms with van der Waals surface area (Å²) < 4.78 is 0. The first kappa shape index (κ1) is 14.5. The fraction of sp³-hybridized carbons (Fsp3) is 0.471. The van der Waals surface area contributed by atoms with E-state index in [0.717, 1.165) is 17.7 Å². The van der Waals surface area contributed by atoms with Gasteiger partial charge in [-0.25, -0.2) is 0 Å². The molecule has 18 heavy (non-hydrogen) atoms. The summed E-state index contributed by atoms with van der Waals surface area (Å²) in [5.41, 5.74) is 2.04. The number of benzene rings is 1.